The zero-order valence-corrected chi connectivity index (χ0v) is 31.4. The molecule has 2 unspecified atom stereocenters. The lowest BCUT2D eigenvalue weighted by molar-refractivity contribution is -0.121. The molecule has 0 spiro atoms. The number of amides is 2. The average molecular weight is 668 g/mol. The SMILES string of the molecule is CCCCCCC(O)CCCCCCCCCCC(=O)NCCNCCNC(=O)CCCCCCCCCCC(O)CCCCCC. The molecule has 0 heterocycles. The van der Waals surface area contributed by atoms with Crippen LogP contribution >= 0.6 is 0 Å². The second kappa shape index (κ2) is 37.6. The third kappa shape index (κ3) is 37.5. The standard InChI is InChI=1S/C40H81N3O4/c1-3-5-7-21-27-37(44)29-23-17-13-9-11-15-19-25-31-39(46)42-35-33-41-34-36-43-40(47)32-26-20-16-12-10-14-18-24-30-38(45)28-22-8-6-4-2/h37-38,41,44-45H,3-36H2,1-2H3,(H,42,46)(H,43,47). The number of hydrogen-bond acceptors (Lipinski definition) is 5. The van der Waals surface area contributed by atoms with Crippen molar-refractivity contribution in [1.82, 2.24) is 16.0 Å². The van der Waals surface area contributed by atoms with Crippen LogP contribution in [0.25, 0.3) is 0 Å². The first kappa shape index (κ1) is 45.8. The summed E-state index contributed by atoms with van der Waals surface area (Å²) in [5, 5.41) is 29.4. The minimum absolute atomic E-state index is 0.0972. The molecule has 2 amide bonds. The minimum atomic E-state index is -0.0972. The normalized spacial score (nSPS) is 12.7. The van der Waals surface area contributed by atoms with Crippen LogP contribution < -0.4 is 16.0 Å². The largest absolute Gasteiger partial charge is 0.393 e. The van der Waals surface area contributed by atoms with Crippen molar-refractivity contribution in [3.63, 3.8) is 0 Å². The Balaban J connectivity index is 3.33. The Morgan fingerprint density at radius 1 is 0.404 bits per heavy atom. The monoisotopic (exact) mass is 668 g/mol. The zero-order valence-electron chi connectivity index (χ0n) is 31.4. The Morgan fingerprint density at radius 3 is 1.00 bits per heavy atom. The number of carbonyl (C=O) groups is 2. The molecule has 5 N–H and O–H groups in total. The fourth-order valence-electron chi connectivity index (χ4n) is 6.24. The number of hydrogen-bond donors (Lipinski definition) is 5. The van der Waals surface area contributed by atoms with Crippen molar-refractivity contribution in [1.29, 1.82) is 0 Å². The fourth-order valence-corrected chi connectivity index (χ4v) is 6.24. The highest BCUT2D eigenvalue weighted by atomic mass is 16.3. The molecule has 0 fully saturated rings. The van der Waals surface area contributed by atoms with Crippen LogP contribution in [-0.2, 0) is 9.59 Å². The summed E-state index contributed by atoms with van der Waals surface area (Å²) in [6.45, 7) is 7.13. The second-order valence-corrected chi connectivity index (χ2v) is 14.2. The van der Waals surface area contributed by atoms with Gasteiger partial charge in [0.15, 0.2) is 0 Å². The van der Waals surface area contributed by atoms with Crippen LogP contribution in [0.2, 0.25) is 0 Å². The molecule has 47 heavy (non-hydrogen) atoms. The molecule has 0 saturated heterocycles. The highest BCUT2D eigenvalue weighted by Gasteiger charge is 2.06. The van der Waals surface area contributed by atoms with Crippen molar-refractivity contribution >= 4 is 11.8 Å². The molecule has 7 heteroatoms. The maximum atomic E-state index is 12.0. The summed E-state index contributed by atoms with van der Waals surface area (Å²) >= 11 is 0. The lowest BCUT2D eigenvalue weighted by atomic mass is 10.0. The number of aliphatic hydroxyl groups excluding tert-OH is 2. The molecule has 0 aliphatic carbocycles. The summed E-state index contributed by atoms with van der Waals surface area (Å²) in [5.74, 6) is 0.272. The molecule has 0 radical (unpaired) electrons. The van der Waals surface area contributed by atoms with Gasteiger partial charge in [0, 0.05) is 39.0 Å². The molecule has 7 nitrogen and oxygen atoms in total. The molecule has 0 aromatic rings. The average Bonchev–Trinajstić information content (AvgIpc) is 3.06. The highest BCUT2D eigenvalue weighted by molar-refractivity contribution is 5.76. The maximum absolute atomic E-state index is 12.0. The van der Waals surface area contributed by atoms with Gasteiger partial charge in [0.1, 0.15) is 0 Å². The summed E-state index contributed by atoms with van der Waals surface area (Å²) in [6.07, 6.45) is 33.6. The van der Waals surface area contributed by atoms with E-state index in [9.17, 15) is 19.8 Å². The zero-order chi connectivity index (χ0) is 34.5. The predicted octanol–water partition coefficient (Wildman–Crippen LogP) is 9.27. The van der Waals surface area contributed by atoms with Gasteiger partial charge in [-0.15, -0.1) is 0 Å². The van der Waals surface area contributed by atoms with Gasteiger partial charge in [0.2, 0.25) is 11.8 Å². The van der Waals surface area contributed by atoms with Crippen LogP contribution in [0.1, 0.15) is 206 Å². The van der Waals surface area contributed by atoms with Crippen molar-refractivity contribution in [2.75, 3.05) is 26.2 Å². The Kier molecular flexibility index (Phi) is 36.7. The van der Waals surface area contributed by atoms with E-state index in [0.717, 1.165) is 77.3 Å². The number of nitrogens with one attached hydrogen (secondary N) is 3. The quantitative estimate of drug-likeness (QED) is 0.0422. The number of rotatable bonds is 38. The van der Waals surface area contributed by atoms with Gasteiger partial charge >= 0.3 is 0 Å². The summed E-state index contributed by atoms with van der Waals surface area (Å²) in [7, 11) is 0. The van der Waals surface area contributed by atoms with E-state index in [1.807, 2.05) is 0 Å². The van der Waals surface area contributed by atoms with Gasteiger partial charge in [-0.25, -0.2) is 0 Å². The highest BCUT2D eigenvalue weighted by Crippen LogP contribution is 2.16. The molecule has 0 aliphatic heterocycles. The van der Waals surface area contributed by atoms with E-state index in [0.29, 0.717) is 25.9 Å². The number of carbonyl (C=O) groups excluding carboxylic acids is 2. The van der Waals surface area contributed by atoms with E-state index in [1.165, 1.54) is 116 Å². The second-order valence-electron chi connectivity index (χ2n) is 14.2. The van der Waals surface area contributed by atoms with Gasteiger partial charge in [-0.3, -0.25) is 9.59 Å². The van der Waals surface area contributed by atoms with Crippen LogP contribution in [0.3, 0.4) is 0 Å². The molecular weight excluding hydrogens is 586 g/mol. The first-order valence-electron chi connectivity index (χ1n) is 20.6. The van der Waals surface area contributed by atoms with Crippen molar-refractivity contribution < 1.29 is 19.8 Å². The van der Waals surface area contributed by atoms with Gasteiger partial charge in [0.05, 0.1) is 12.2 Å². The Morgan fingerprint density at radius 2 is 0.681 bits per heavy atom. The first-order chi connectivity index (χ1) is 23.0. The van der Waals surface area contributed by atoms with Crippen LogP contribution in [0, 0.1) is 0 Å². The molecule has 0 aromatic carbocycles. The number of aliphatic hydroxyl groups is 2. The van der Waals surface area contributed by atoms with Gasteiger partial charge in [-0.1, -0.05) is 155 Å². The van der Waals surface area contributed by atoms with E-state index < -0.39 is 0 Å². The molecular formula is C40H81N3O4. The number of unbranched alkanes of at least 4 members (excludes halogenated alkanes) is 20. The Labute approximate surface area is 292 Å². The topological polar surface area (TPSA) is 111 Å². The third-order valence-electron chi connectivity index (χ3n) is 9.41. The molecule has 0 bridgehead atoms. The Bertz CT molecular complexity index is 609. The van der Waals surface area contributed by atoms with E-state index >= 15 is 0 Å². The summed E-state index contributed by atoms with van der Waals surface area (Å²) in [6, 6.07) is 0. The molecule has 2 atom stereocenters. The molecule has 280 valence electrons. The summed E-state index contributed by atoms with van der Waals surface area (Å²) < 4.78 is 0. The fraction of sp³-hybridized carbons (Fsp3) is 0.950. The molecule has 0 rings (SSSR count). The van der Waals surface area contributed by atoms with Crippen LogP contribution in [0.5, 0.6) is 0 Å². The van der Waals surface area contributed by atoms with Crippen molar-refractivity contribution in [3.05, 3.63) is 0 Å². The minimum Gasteiger partial charge on any atom is -0.393 e. The van der Waals surface area contributed by atoms with Gasteiger partial charge in [-0.05, 0) is 38.5 Å². The van der Waals surface area contributed by atoms with Gasteiger partial charge in [-0.2, -0.15) is 0 Å². The van der Waals surface area contributed by atoms with Crippen LogP contribution in [-0.4, -0.2) is 60.4 Å². The van der Waals surface area contributed by atoms with Crippen molar-refractivity contribution in [2.45, 2.75) is 219 Å². The molecule has 0 aliphatic rings. The van der Waals surface area contributed by atoms with E-state index in [4.69, 9.17) is 0 Å². The lowest BCUT2D eigenvalue weighted by Crippen LogP contribution is -2.36. The smallest absolute Gasteiger partial charge is 0.220 e. The summed E-state index contributed by atoms with van der Waals surface area (Å²) in [5.41, 5.74) is 0. The summed E-state index contributed by atoms with van der Waals surface area (Å²) in [4.78, 5) is 24.1. The lowest BCUT2D eigenvalue weighted by Gasteiger charge is -2.10. The molecule has 0 aromatic heterocycles. The first-order valence-corrected chi connectivity index (χ1v) is 20.6. The Hall–Kier alpha value is -1.18. The van der Waals surface area contributed by atoms with Gasteiger partial charge in [0.25, 0.3) is 0 Å². The van der Waals surface area contributed by atoms with Crippen LogP contribution in [0.15, 0.2) is 0 Å². The van der Waals surface area contributed by atoms with Crippen molar-refractivity contribution in [3.8, 4) is 0 Å². The van der Waals surface area contributed by atoms with E-state index in [-0.39, 0.29) is 24.0 Å². The predicted molar refractivity (Wildman–Crippen MR) is 201 cm³/mol. The van der Waals surface area contributed by atoms with Gasteiger partial charge < -0.3 is 26.2 Å². The van der Waals surface area contributed by atoms with E-state index in [1.54, 1.807) is 0 Å². The van der Waals surface area contributed by atoms with Crippen LogP contribution in [0.4, 0.5) is 0 Å². The van der Waals surface area contributed by atoms with E-state index in [2.05, 4.69) is 29.8 Å². The maximum Gasteiger partial charge on any atom is 0.220 e. The third-order valence-corrected chi connectivity index (χ3v) is 9.41. The van der Waals surface area contributed by atoms with Crippen molar-refractivity contribution in [2.24, 2.45) is 0 Å². The molecule has 0 saturated carbocycles.